The minimum absolute atomic E-state index is 0.195. The number of aldehydes is 1. The molecule has 0 aromatic rings. The van der Waals surface area contributed by atoms with Crippen molar-refractivity contribution < 1.29 is 23.9 Å². The molecule has 0 fully saturated rings. The average Bonchev–Trinajstić information content (AvgIpc) is 2.29. The number of nitrogens with one attached hydrogen (secondary N) is 3. The van der Waals surface area contributed by atoms with Gasteiger partial charge in [0.25, 0.3) is 0 Å². The molecule has 23 heavy (non-hydrogen) atoms. The van der Waals surface area contributed by atoms with Gasteiger partial charge in [-0.3, -0.25) is 10.6 Å². The Bertz CT molecular complexity index is 417. The smallest absolute Gasteiger partial charge is 0.414 e. The Morgan fingerprint density at radius 2 is 1.39 bits per heavy atom. The summed E-state index contributed by atoms with van der Waals surface area (Å²) in [5.41, 5.74) is 1.13. The SMILES string of the molecule is CC(C)(C)OC(=O)NC(=NNCCC=O)NC(=O)OC(C)(C)C. The second kappa shape index (κ2) is 8.96. The molecule has 9 nitrogen and oxygen atoms in total. The number of nitrogens with zero attached hydrogens (tertiary/aromatic N) is 1. The molecule has 0 aromatic heterocycles. The fourth-order valence-electron chi connectivity index (χ4n) is 1.15. The molecule has 0 bridgehead atoms. The first kappa shape index (κ1) is 20.7. The molecule has 0 spiro atoms. The number of amides is 2. The van der Waals surface area contributed by atoms with E-state index >= 15 is 0 Å². The highest BCUT2D eigenvalue weighted by Crippen LogP contribution is 2.07. The first-order chi connectivity index (χ1) is 10.4. The van der Waals surface area contributed by atoms with Crippen LogP contribution < -0.4 is 16.1 Å². The van der Waals surface area contributed by atoms with Crippen LogP contribution in [-0.4, -0.2) is 42.2 Å². The fourth-order valence-corrected chi connectivity index (χ4v) is 1.15. The van der Waals surface area contributed by atoms with Crippen molar-refractivity contribution in [1.29, 1.82) is 0 Å². The Kier molecular flexibility index (Phi) is 8.06. The summed E-state index contributed by atoms with van der Waals surface area (Å²) in [6.45, 7) is 10.5. The van der Waals surface area contributed by atoms with Gasteiger partial charge in [-0.1, -0.05) is 0 Å². The molecule has 0 aliphatic rings. The fraction of sp³-hybridized carbons (Fsp3) is 0.714. The van der Waals surface area contributed by atoms with E-state index < -0.39 is 23.4 Å². The van der Waals surface area contributed by atoms with E-state index in [9.17, 15) is 14.4 Å². The lowest BCUT2D eigenvalue weighted by Crippen LogP contribution is -2.48. The van der Waals surface area contributed by atoms with Gasteiger partial charge in [-0.05, 0) is 41.5 Å². The third-order valence-electron chi connectivity index (χ3n) is 1.80. The molecule has 2 amide bonds. The molecule has 0 aliphatic carbocycles. The number of carbonyl (C=O) groups excluding carboxylic acids is 3. The summed E-state index contributed by atoms with van der Waals surface area (Å²) < 4.78 is 10.1. The van der Waals surface area contributed by atoms with Gasteiger partial charge in [0.15, 0.2) is 0 Å². The lowest BCUT2D eigenvalue weighted by atomic mass is 10.2. The summed E-state index contributed by atoms with van der Waals surface area (Å²) in [7, 11) is 0. The van der Waals surface area contributed by atoms with Crippen molar-refractivity contribution in [2.75, 3.05) is 6.54 Å². The van der Waals surface area contributed by atoms with E-state index in [2.05, 4.69) is 21.2 Å². The van der Waals surface area contributed by atoms with Crippen LogP contribution in [0, 0.1) is 0 Å². The van der Waals surface area contributed by atoms with Gasteiger partial charge in [-0.25, -0.2) is 9.59 Å². The van der Waals surface area contributed by atoms with Crippen LogP contribution in [0.15, 0.2) is 5.10 Å². The lowest BCUT2D eigenvalue weighted by Gasteiger charge is -2.22. The number of alkyl carbamates (subject to hydrolysis) is 2. The molecule has 3 N–H and O–H groups in total. The van der Waals surface area contributed by atoms with Crippen LogP contribution in [-0.2, 0) is 14.3 Å². The minimum atomic E-state index is -0.788. The first-order valence-electron chi connectivity index (χ1n) is 7.17. The van der Waals surface area contributed by atoms with Crippen molar-refractivity contribution in [2.24, 2.45) is 5.10 Å². The zero-order valence-corrected chi connectivity index (χ0v) is 14.5. The summed E-state index contributed by atoms with van der Waals surface area (Å²) in [6, 6.07) is 0. The van der Waals surface area contributed by atoms with Crippen molar-refractivity contribution in [3.8, 4) is 0 Å². The van der Waals surface area contributed by atoms with Gasteiger partial charge in [0.05, 0.1) is 0 Å². The van der Waals surface area contributed by atoms with E-state index in [-0.39, 0.29) is 18.9 Å². The summed E-state index contributed by atoms with van der Waals surface area (Å²) in [5.74, 6) is -0.195. The number of hydrogen-bond acceptors (Lipinski definition) is 7. The quantitative estimate of drug-likeness (QED) is 0.236. The molecule has 0 aliphatic heterocycles. The molecular weight excluding hydrogens is 304 g/mol. The number of guanidine groups is 1. The van der Waals surface area contributed by atoms with Crippen LogP contribution in [0.1, 0.15) is 48.0 Å². The molecule has 0 rings (SSSR count). The van der Waals surface area contributed by atoms with Gasteiger partial charge >= 0.3 is 12.2 Å². The molecular formula is C14H26N4O5. The Hall–Kier alpha value is -2.32. The highest BCUT2D eigenvalue weighted by Gasteiger charge is 2.21. The average molecular weight is 330 g/mol. The Morgan fingerprint density at radius 3 is 1.74 bits per heavy atom. The molecule has 0 atom stereocenters. The van der Waals surface area contributed by atoms with Gasteiger partial charge < -0.3 is 19.7 Å². The highest BCUT2D eigenvalue weighted by atomic mass is 16.6. The number of ether oxygens (including phenoxy) is 2. The van der Waals surface area contributed by atoms with Gasteiger partial charge in [0.1, 0.15) is 17.5 Å². The maximum Gasteiger partial charge on any atom is 0.414 e. The number of hydrogen-bond donors (Lipinski definition) is 3. The topological polar surface area (TPSA) is 118 Å². The zero-order chi connectivity index (χ0) is 18.1. The highest BCUT2D eigenvalue weighted by molar-refractivity contribution is 6.01. The summed E-state index contributed by atoms with van der Waals surface area (Å²) in [5, 5.41) is 8.37. The van der Waals surface area contributed by atoms with Crippen molar-refractivity contribution >= 4 is 24.4 Å². The van der Waals surface area contributed by atoms with Crippen LogP contribution in [0.2, 0.25) is 0 Å². The van der Waals surface area contributed by atoms with Crippen molar-refractivity contribution in [3.63, 3.8) is 0 Å². The van der Waals surface area contributed by atoms with E-state index in [0.29, 0.717) is 6.29 Å². The van der Waals surface area contributed by atoms with Crippen molar-refractivity contribution in [1.82, 2.24) is 16.1 Å². The van der Waals surface area contributed by atoms with E-state index in [1.807, 2.05) is 0 Å². The third kappa shape index (κ3) is 13.1. The zero-order valence-electron chi connectivity index (χ0n) is 14.5. The minimum Gasteiger partial charge on any atom is -0.444 e. The van der Waals surface area contributed by atoms with E-state index in [1.165, 1.54) is 0 Å². The van der Waals surface area contributed by atoms with Crippen LogP contribution in [0.3, 0.4) is 0 Å². The van der Waals surface area contributed by atoms with Crippen LogP contribution >= 0.6 is 0 Å². The van der Waals surface area contributed by atoms with E-state index in [0.717, 1.165) is 0 Å². The molecule has 0 unspecified atom stereocenters. The van der Waals surface area contributed by atoms with Gasteiger partial charge in [0.2, 0.25) is 5.96 Å². The molecule has 132 valence electrons. The number of hydrazone groups is 1. The lowest BCUT2D eigenvalue weighted by molar-refractivity contribution is -0.107. The molecule has 0 saturated carbocycles. The summed E-state index contributed by atoms with van der Waals surface area (Å²) >= 11 is 0. The molecule has 9 heteroatoms. The Morgan fingerprint density at radius 1 is 0.957 bits per heavy atom. The predicted molar refractivity (Wildman–Crippen MR) is 84.9 cm³/mol. The third-order valence-corrected chi connectivity index (χ3v) is 1.80. The van der Waals surface area contributed by atoms with E-state index in [1.54, 1.807) is 41.5 Å². The largest absolute Gasteiger partial charge is 0.444 e. The van der Waals surface area contributed by atoms with Gasteiger partial charge in [-0.2, -0.15) is 0 Å². The first-order valence-corrected chi connectivity index (χ1v) is 7.17. The second-order valence-corrected chi connectivity index (χ2v) is 6.58. The van der Waals surface area contributed by atoms with Gasteiger partial charge in [-0.15, -0.1) is 5.10 Å². The molecule has 0 radical (unpaired) electrons. The number of carbonyl (C=O) groups is 3. The summed E-state index contributed by atoms with van der Waals surface area (Å²) in [4.78, 5) is 33.7. The molecule has 0 aromatic carbocycles. The van der Waals surface area contributed by atoms with Crippen LogP contribution in [0.25, 0.3) is 0 Å². The van der Waals surface area contributed by atoms with Crippen LogP contribution in [0.5, 0.6) is 0 Å². The monoisotopic (exact) mass is 330 g/mol. The maximum absolute atomic E-state index is 11.7. The maximum atomic E-state index is 11.7. The second-order valence-electron chi connectivity index (χ2n) is 6.58. The van der Waals surface area contributed by atoms with E-state index in [4.69, 9.17) is 9.47 Å². The molecule has 0 saturated heterocycles. The normalized spacial score (nSPS) is 11.0. The summed E-state index contributed by atoms with van der Waals surface area (Å²) in [6.07, 6.45) is -0.630. The van der Waals surface area contributed by atoms with Gasteiger partial charge in [0, 0.05) is 13.0 Å². The van der Waals surface area contributed by atoms with Crippen molar-refractivity contribution in [2.45, 2.75) is 59.2 Å². The van der Waals surface area contributed by atoms with Crippen molar-refractivity contribution in [3.05, 3.63) is 0 Å². The predicted octanol–water partition coefficient (Wildman–Crippen LogP) is 1.49. The Labute approximate surface area is 136 Å². The van der Waals surface area contributed by atoms with Crippen LogP contribution in [0.4, 0.5) is 9.59 Å². The number of rotatable bonds is 4. The molecule has 0 heterocycles. The standard InChI is InChI=1S/C14H26N4O5/c1-13(2,3)22-11(20)16-10(18-15-8-7-9-19)17-12(21)23-14(4,5)6/h9,15H,7-8H2,1-6H3,(H2,16,17,18,20,21). The Balaban J connectivity index is 4.77.